The zero-order chi connectivity index (χ0) is 17.3. The molecule has 1 unspecified atom stereocenters. The third kappa shape index (κ3) is 6.25. The number of alkyl halides is 1. The van der Waals surface area contributed by atoms with Crippen molar-refractivity contribution in [3.05, 3.63) is 4.91 Å². The molecule has 0 heterocycles. The summed E-state index contributed by atoms with van der Waals surface area (Å²) in [6.45, 7) is 3.00. The second-order valence-electron chi connectivity index (χ2n) is 8.64. The van der Waals surface area contributed by atoms with Gasteiger partial charge in [0.25, 0.3) is 0 Å². The molecule has 3 heteroatoms. The summed E-state index contributed by atoms with van der Waals surface area (Å²) in [6.07, 6.45) is 20.6. The van der Waals surface area contributed by atoms with E-state index in [1.54, 1.807) is 0 Å². The van der Waals surface area contributed by atoms with E-state index in [0.717, 1.165) is 22.2 Å². The number of hydrogen-bond donors (Lipinski definition) is 0. The van der Waals surface area contributed by atoms with Crippen LogP contribution in [0, 0.1) is 22.2 Å². The van der Waals surface area contributed by atoms with Crippen LogP contribution in [-0.2, 0) is 0 Å². The molecule has 0 aliphatic heterocycles. The van der Waals surface area contributed by atoms with Crippen LogP contribution in [0.25, 0.3) is 0 Å². The molecule has 2 nitrogen and oxygen atoms in total. The molecule has 140 valence electrons. The molecule has 24 heavy (non-hydrogen) atoms. The van der Waals surface area contributed by atoms with Crippen LogP contribution >= 0.6 is 22.6 Å². The molecule has 0 spiro atoms. The normalized spacial score (nSPS) is 34.9. The van der Waals surface area contributed by atoms with Crippen molar-refractivity contribution in [2.75, 3.05) is 6.54 Å². The first kappa shape index (κ1) is 20.6. The van der Waals surface area contributed by atoms with Crippen molar-refractivity contribution < 1.29 is 0 Å². The lowest BCUT2D eigenvalue weighted by atomic mass is 9.65. The SMILES string of the molecule is C[C@H]1CCCCCCCCC(CCN=O)(C2CCCC2)CC[C@H]1I. The Labute approximate surface area is 163 Å². The largest absolute Gasteiger partial charge is 0.151 e. The number of nitrogens with zero attached hydrogens (tertiary/aromatic N) is 1. The van der Waals surface area contributed by atoms with Crippen LogP contribution in [0.2, 0.25) is 0 Å². The zero-order valence-electron chi connectivity index (χ0n) is 15.8. The zero-order valence-corrected chi connectivity index (χ0v) is 17.9. The molecule has 0 bridgehead atoms. The Morgan fingerprint density at radius 1 is 0.875 bits per heavy atom. The monoisotopic (exact) mass is 447 g/mol. The predicted octanol–water partition coefficient (Wildman–Crippen LogP) is 7.67. The molecule has 3 atom stereocenters. The van der Waals surface area contributed by atoms with Crippen LogP contribution in [0.1, 0.15) is 103 Å². The Morgan fingerprint density at radius 2 is 1.50 bits per heavy atom. The van der Waals surface area contributed by atoms with E-state index in [2.05, 4.69) is 34.7 Å². The van der Waals surface area contributed by atoms with Crippen LogP contribution in [-0.4, -0.2) is 10.5 Å². The van der Waals surface area contributed by atoms with Crippen molar-refractivity contribution in [1.29, 1.82) is 0 Å². The van der Waals surface area contributed by atoms with Crippen LogP contribution in [0.3, 0.4) is 0 Å². The topological polar surface area (TPSA) is 29.4 Å². The molecule has 0 aromatic carbocycles. The first-order valence-electron chi connectivity index (χ1n) is 10.6. The summed E-state index contributed by atoms with van der Waals surface area (Å²) in [5, 5.41) is 3.27. The lowest BCUT2D eigenvalue weighted by Gasteiger charge is -2.40. The Kier molecular flexibility index (Phi) is 9.57. The van der Waals surface area contributed by atoms with Gasteiger partial charge in [0.05, 0.1) is 6.54 Å². The third-order valence-electron chi connectivity index (χ3n) is 7.04. The van der Waals surface area contributed by atoms with Crippen molar-refractivity contribution in [3.8, 4) is 0 Å². The molecule has 0 saturated heterocycles. The molecule has 2 saturated carbocycles. The van der Waals surface area contributed by atoms with Crippen molar-refractivity contribution >= 4 is 22.6 Å². The third-order valence-corrected chi connectivity index (χ3v) is 8.89. The first-order valence-corrected chi connectivity index (χ1v) is 11.9. The highest BCUT2D eigenvalue weighted by atomic mass is 127. The average Bonchev–Trinajstić information content (AvgIpc) is 3.13. The summed E-state index contributed by atoms with van der Waals surface area (Å²) in [5.41, 5.74) is 0.418. The van der Waals surface area contributed by atoms with Gasteiger partial charge in [-0.2, -0.15) is 4.91 Å². The standard InChI is InChI=1S/C21H38INO/c1-18-10-6-4-2-3-5-9-14-21(16-17-23-24,15-13-20(18)22)19-11-7-8-12-19/h18-20H,2-17H2,1H3/t18-,20+,21?/m0/s1. The number of rotatable bonds is 4. The van der Waals surface area contributed by atoms with E-state index < -0.39 is 0 Å². The molecular weight excluding hydrogens is 409 g/mol. The van der Waals surface area contributed by atoms with Gasteiger partial charge in [-0.15, -0.1) is 0 Å². The maximum Gasteiger partial charge on any atom is 0.0816 e. The number of hydrogen-bond acceptors (Lipinski definition) is 2. The summed E-state index contributed by atoms with van der Waals surface area (Å²) in [4.78, 5) is 10.9. The summed E-state index contributed by atoms with van der Waals surface area (Å²) in [7, 11) is 0. The van der Waals surface area contributed by atoms with Gasteiger partial charge < -0.3 is 0 Å². The van der Waals surface area contributed by atoms with Crippen molar-refractivity contribution in [3.63, 3.8) is 0 Å². The minimum Gasteiger partial charge on any atom is -0.151 e. The van der Waals surface area contributed by atoms with Gasteiger partial charge >= 0.3 is 0 Å². The summed E-state index contributed by atoms with van der Waals surface area (Å²) in [6, 6.07) is 0. The van der Waals surface area contributed by atoms with Crippen LogP contribution in [0.15, 0.2) is 5.18 Å². The number of halogens is 1. The van der Waals surface area contributed by atoms with E-state index in [-0.39, 0.29) is 0 Å². The summed E-state index contributed by atoms with van der Waals surface area (Å²) >= 11 is 2.72. The van der Waals surface area contributed by atoms with Gasteiger partial charge in [0.2, 0.25) is 0 Å². The van der Waals surface area contributed by atoms with Gasteiger partial charge in [-0.1, -0.05) is 86.1 Å². The Hall–Kier alpha value is 0.330. The minimum absolute atomic E-state index is 0.418. The van der Waals surface area contributed by atoms with Crippen LogP contribution in [0.5, 0.6) is 0 Å². The summed E-state index contributed by atoms with van der Waals surface area (Å²) < 4.78 is 0.799. The molecular formula is C21H38INO. The van der Waals surface area contributed by atoms with Gasteiger partial charge in [-0.3, -0.25) is 0 Å². The van der Waals surface area contributed by atoms with Crippen molar-refractivity contribution in [2.45, 2.75) is 107 Å². The molecule has 0 aromatic heterocycles. The van der Waals surface area contributed by atoms with E-state index >= 15 is 0 Å². The highest BCUT2D eigenvalue weighted by molar-refractivity contribution is 14.1. The van der Waals surface area contributed by atoms with E-state index in [9.17, 15) is 4.91 Å². The van der Waals surface area contributed by atoms with Gasteiger partial charge in [0.15, 0.2) is 0 Å². The van der Waals surface area contributed by atoms with E-state index in [0.29, 0.717) is 12.0 Å². The van der Waals surface area contributed by atoms with Crippen molar-refractivity contribution in [2.24, 2.45) is 22.4 Å². The Balaban J connectivity index is 2.10. The smallest absolute Gasteiger partial charge is 0.0816 e. The molecule has 0 amide bonds. The minimum atomic E-state index is 0.418. The quantitative estimate of drug-likeness (QED) is 0.247. The fourth-order valence-electron chi connectivity index (χ4n) is 5.34. The number of nitroso groups, excluding NO2 is 1. The molecule has 2 fully saturated rings. The lowest BCUT2D eigenvalue weighted by molar-refractivity contribution is 0.110. The van der Waals surface area contributed by atoms with Crippen LogP contribution in [0.4, 0.5) is 0 Å². The predicted molar refractivity (Wildman–Crippen MR) is 113 cm³/mol. The molecule has 2 aliphatic carbocycles. The second-order valence-corrected chi connectivity index (χ2v) is 10.2. The maximum absolute atomic E-state index is 10.9. The molecule has 0 radical (unpaired) electrons. The van der Waals surface area contributed by atoms with Crippen LogP contribution < -0.4 is 0 Å². The fraction of sp³-hybridized carbons (Fsp3) is 1.00. The highest BCUT2D eigenvalue weighted by Gasteiger charge is 2.39. The fourth-order valence-corrected chi connectivity index (χ4v) is 6.01. The van der Waals surface area contributed by atoms with E-state index in [1.807, 2.05) is 0 Å². The molecule has 2 aliphatic rings. The first-order chi connectivity index (χ1) is 11.7. The van der Waals surface area contributed by atoms with Gasteiger partial charge in [-0.05, 0) is 62.2 Å². The van der Waals surface area contributed by atoms with Gasteiger partial charge in [0.1, 0.15) is 0 Å². The Bertz CT molecular complexity index is 356. The maximum atomic E-state index is 10.9. The second kappa shape index (κ2) is 11.1. The van der Waals surface area contributed by atoms with E-state index in [1.165, 1.54) is 89.9 Å². The summed E-state index contributed by atoms with van der Waals surface area (Å²) in [5.74, 6) is 1.71. The molecule has 0 N–H and O–H groups in total. The van der Waals surface area contributed by atoms with Crippen molar-refractivity contribution in [1.82, 2.24) is 0 Å². The average molecular weight is 447 g/mol. The molecule has 2 rings (SSSR count). The Morgan fingerprint density at radius 3 is 2.21 bits per heavy atom. The van der Waals surface area contributed by atoms with Gasteiger partial charge in [0, 0.05) is 3.92 Å². The van der Waals surface area contributed by atoms with Gasteiger partial charge in [-0.25, -0.2) is 0 Å². The lowest BCUT2D eigenvalue weighted by Crippen LogP contribution is -2.32. The highest BCUT2D eigenvalue weighted by Crippen LogP contribution is 2.50. The van der Waals surface area contributed by atoms with E-state index in [4.69, 9.17) is 0 Å². The molecule has 0 aromatic rings.